The molecule has 2 aliphatic rings. The molecule has 0 saturated carbocycles. The van der Waals surface area contributed by atoms with E-state index in [0.29, 0.717) is 36.4 Å². The lowest BCUT2D eigenvalue weighted by molar-refractivity contribution is 0.0938. The van der Waals surface area contributed by atoms with Crippen molar-refractivity contribution in [2.75, 3.05) is 6.54 Å². The maximum absolute atomic E-state index is 13.6. The van der Waals surface area contributed by atoms with E-state index in [2.05, 4.69) is 17.0 Å². The number of allylic oxidation sites excluding steroid dienone is 7. The van der Waals surface area contributed by atoms with E-state index in [1.54, 1.807) is 0 Å². The first-order chi connectivity index (χ1) is 13.6. The maximum atomic E-state index is 13.6. The number of nitrogens with zero attached hydrogens (tertiary/aromatic N) is 2. The summed E-state index contributed by atoms with van der Waals surface area (Å²) < 4.78 is 55.3. The minimum Gasteiger partial charge on any atom is -0.381 e. The van der Waals surface area contributed by atoms with Crippen LogP contribution in [0.5, 0.6) is 0 Å². The smallest absolute Gasteiger partial charge is 0.299 e. The lowest BCUT2D eigenvalue weighted by Gasteiger charge is -2.17. The van der Waals surface area contributed by atoms with Crippen LogP contribution in [-0.2, 0) is 12.7 Å². The number of nitrogens with one attached hydrogen (secondary N) is 1. The second-order valence-corrected chi connectivity index (χ2v) is 8.40. The molecule has 29 heavy (non-hydrogen) atoms. The summed E-state index contributed by atoms with van der Waals surface area (Å²) in [6.45, 7) is 4.32. The van der Waals surface area contributed by atoms with Gasteiger partial charge in [-0.05, 0) is 36.6 Å². The van der Waals surface area contributed by atoms with Gasteiger partial charge in [0.25, 0.3) is 5.66 Å². The van der Waals surface area contributed by atoms with Crippen LogP contribution in [0, 0.1) is 0 Å². The monoisotopic (exact) mass is 441 g/mol. The molecule has 0 bridgehead atoms. The summed E-state index contributed by atoms with van der Waals surface area (Å²) in [5.41, 5.74) is -1.49. The van der Waals surface area contributed by atoms with E-state index in [4.69, 9.17) is 0 Å². The number of hydrogen-bond acceptors (Lipinski definition) is 3. The van der Waals surface area contributed by atoms with Gasteiger partial charge in [0, 0.05) is 35.2 Å². The molecule has 1 aromatic heterocycles. The standard InChI is InChI=1S/C20H20F4N3PS/c1-12(25-11-13-6-7-14(21)9-15(22)8-13)17-4-3-5-18(29-17)16-10-19(20(23,24)28)27(2)26-16/h4-5,7-10,25H,1,3,6,11,28H2,2H3. The molecular weight excluding hydrogens is 421 g/mol. The Labute approximate surface area is 173 Å². The molecule has 3 nitrogen and oxygen atoms in total. The summed E-state index contributed by atoms with van der Waals surface area (Å²) in [5, 5.41) is 7.32. The van der Waals surface area contributed by atoms with E-state index < -0.39 is 17.3 Å². The zero-order chi connectivity index (χ0) is 21.2. The van der Waals surface area contributed by atoms with E-state index in [-0.39, 0.29) is 5.69 Å². The van der Waals surface area contributed by atoms with Crippen molar-refractivity contribution in [3.05, 3.63) is 82.2 Å². The Kier molecular flexibility index (Phi) is 6.54. The van der Waals surface area contributed by atoms with Crippen molar-refractivity contribution in [1.82, 2.24) is 15.1 Å². The normalized spacial score (nSPS) is 17.5. The Bertz CT molecular complexity index is 980. The van der Waals surface area contributed by atoms with E-state index in [9.17, 15) is 17.6 Å². The average molecular weight is 441 g/mol. The number of rotatable bonds is 6. The zero-order valence-electron chi connectivity index (χ0n) is 15.7. The Balaban J connectivity index is 1.64. The van der Waals surface area contributed by atoms with Gasteiger partial charge in [0.15, 0.2) is 0 Å². The molecule has 9 heteroatoms. The fourth-order valence-corrected chi connectivity index (χ4v) is 4.13. The summed E-state index contributed by atoms with van der Waals surface area (Å²) in [7, 11) is 3.00. The Hall–Kier alpha value is -2.05. The van der Waals surface area contributed by atoms with Gasteiger partial charge in [0.05, 0.1) is 5.69 Å². The first kappa shape index (κ1) is 21.7. The lowest BCUT2D eigenvalue weighted by Crippen LogP contribution is -2.17. The predicted molar refractivity (Wildman–Crippen MR) is 113 cm³/mol. The Morgan fingerprint density at radius 2 is 2.03 bits per heavy atom. The summed E-state index contributed by atoms with van der Waals surface area (Å²) in [6, 6.07) is 1.37. The number of halogens is 4. The molecule has 1 atom stereocenters. The third-order valence-corrected chi connectivity index (χ3v) is 5.83. The molecule has 1 N–H and O–H groups in total. The zero-order valence-corrected chi connectivity index (χ0v) is 17.7. The van der Waals surface area contributed by atoms with Crippen molar-refractivity contribution in [2.24, 2.45) is 7.05 Å². The molecule has 0 radical (unpaired) electrons. The molecule has 154 valence electrons. The van der Waals surface area contributed by atoms with E-state index in [1.165, 1.54) is 50.9 Å². The van der Waals surface area contributed by atoms with Crippen LogP contribution in [0.15, 0.2) is 70.9 Å². The van der Waals surface area contributed by atoms with Crippen molar-refractivity contribution >= 4 is 25.9 Å². The fraction of sp³-hybridized carbons (Fsp3) is 0.250. The molecule has 0 amide bonds. The number of aryl methyl sites for hydroxylation is 1. The van der Waals surface area contributed by atoms with Crippen molar-refractivity contribution in [2.45, 2.75) is 18.5 Å². The van der Waals surface area contributed by atoms with E-state index >= 15 is 0 Å². The van der Waals surface area contributed by atoms with Crippen molar-refractivity contribution < 1.29 is 17.6 Å². The summed E-state index contributed by atoms with van der Waals surface area (Å²) in [4.78, 5) is 1.59. The summed E-state index contributed by atoms with van der Waals surface area (Å²) in [5.74, 6) is -1.23. The second kappa shape index (κ2) is 8.76. The minimum absolute atomic E-state index is 0.192. The van der Waals surface area contributed by atoms with Crippen LogP contribution in [0.4, 0.5) is 17.6 Å². The number of alkyl halides is 2. The number of thioether (sulfide) groups is 1. The molecular formula is C20H20F4N3PS. The number of aromatic nitrogens is 2. The highest BCUT2D eigenvalue weighted by Gasteiger charge is 2.30. The van der Waals surface area contributed by atoms with Gasteiger partial charge in [-0.25, -0.2) is 8.78 Å². The quantitative estimate of drug-likeness (QED) is 0.444. The van der Waals surface area contributed by atoms with Crippen LogP contribution >= 0.6 is 21.0 Å². The largest absolute Gasteiger partial charge is 0.381 e. The third-order valence-electron chi connectivity index (χ3n) is 4.30. The van der Waals surface area contributed by atoms with Crippen LogP contribution in [-0.4, -0.2) is 16.3 Å². The maximum Gasteiger partial charge on any atom is 0.299 e. The first-order valence-corrected chi connectivity index (χ1v) is 10.2. The van der Waals surface area contributed by atoms with Gasteiger partial charge < -0.3 is 5.32 Å². The molecule has 3 rings (SSSR count). The first-order valence-electron chi connectivity index (χ1n) is 8.78. The minimum atomic E-state index is -3.06. The summed E-state index contributed by atoms with van der Waals surface area (Å²) in [6.07, 6.45) is 8.24. The van der Waals surface area contributed by atoms with Crippen molar-refractivity contribution in [3.63, 3.8) is 0 Å². The van der Waals surface area contributed by atoms with Gasteiger partial charge in [-0.3, -0.25) is 4.68 Å². The Morgan fingerprint density at radius 1 is 1.28 bits per heavy atom. The molecule has 0 saturated heterocycles. The number of hydrogen-bond donors (Lipinski definition) is 1. The molecule has 0 fully saturated rings. The molecule has 1 aliphatic heterocycles. The fourth-order valence-electron chi connectivity index (χ4n) is 2.86. The van der Waals surface area contributed by atoms with Gasteiger partial charge in [-0.15, -0.1) is 0 Å². The lowest BCUT2D eigenvalue weighted by atomic mass is 10.1. The van der Waals surface area contributed by atoms with Crippen LogP contribution in [0.3, 0.4) is 0 Å². The van der Waals surface area contributed by atoms with Gasteiger partial charge in [-0.1, -0.05) is 39.7 Å². The molecule has 0 aromatic carbocycles. The van der Waals surface area contributed by atoms with Crippen molar-refractivity contribution in [3.8, 4) is 0 Å². The van der Waals surface area contributed by atoms with Gasteiger partial charge >= 0.3 is 0 Å². The summed E-state index contributed by atoms with van der Waals surface area (Å²) >= 11 is 1.37. The third kappa shape index (κ3) is 5.52. The SMILES string of the molecule is C=C(NCC1=CC(F)=CC(F)=CC1)C1=CCC=C(c2cc(C(F)(F)P)n(C)n2)S1. The molecule has 2 heterocycles. The topological polar surface area (TPSA) is 29.9 Å². The van der Waals surface area contributed by atoms with Crippen LogP contribution in [0.1, 0.15) is 24.2 Å². The van der Waals surface area contributed by atoms with Crippen molar-refractivity contribution in [1.29, 1.82) is 0 Å². The van der Waals surface area contributed by atoms with Gasteiger partial charge in [-0.2, -0.15) is 13.9 Å². The highest BCUT2D eigenvalue weighted by Crippen LogP contribution is 2.42. The predicted octanol–water partition coefficient (Wildman–Crippen LogP) is 5.85. The molecule has 1 aliphatic carbocycles. The van der Waals surface area contributed by atoms with Gasteiger partial charge in [0.2, 0.25) is 0 Å². The van der Waals surface area contributed by atoms with E-state index in [1.807, 2.05) is 12.2 Å². The van der Waals surface area contributed by atoms with Crippen LogP contribution in [0.25, 0.3) is 4.91 Å². The average Bonchev–Trinajstić information content (AvgIpc) is 2.97. The molecule has 0 spiro atoms. The van der Waals surface area contributed by atoms with Gasteiger partial charge in [0.1, 0.15) is 17.3 Å². The van der Waals surface area contributed by atoms with E-state index in [0.717, 1.165) is 15.9 Å². The highest BCUT2D eigenvalue weighted by atomic mass is 32.2. The molecule has 1 unspecified atom stereocenters. The van der Waals surface area contributed by atoms with Crippen LogP contribution in [0.2, 0.25) is 0 Å². The Morgan fingerprint density at radius 3 is 2.72 bits per heavy atom. The highest BCUT2D eigenvalue weighted by molar-refractivity contribution is 8.12. The molecule has 1 aromatic rings. The van der Waals surface area contributed by atoms with Crippen LogP contribution < -0.4 is 5.32 Å². The second-order valence-electron chi connectivity index (χ2n) is 6.59.